The number of rotatable bonds is 6. The molecule has 2 aliphatic rings. The van der Waals surface area contributed by atoms with E-state index in [1.807, 2.05) is 0 Å². The van der Waals surface area contributed by atoms with Gasteiger partial charge in [0.05, 0.1) is 26.4 Å². The lowest BCUT2D eigenvalue weighted by molar-refractivity contribution is -0.146. The summed E-state index contributed by atoms with van der Waals surface area (Å²) < 4.78 is 93.1. The fraction of sp³-hybridized carbons (Fsp3) is 0.357. The van der Waals surface area contributed by atoms with E-state index in [1.165, 1.54) is 12.1 Å². The zero-order valence-electron chi connectivity index (χ0n) is 21.6. The molecule has 2 aromatic carbocycles. The predicted molar refractivity (Wildman–Crippen MR) is 141 cm³/mol. The van der Waals surface area contributed by atoms with Gasteiger partial charge < -0.3 is 15.5 Å². The van der Waals surface area contributed by atoms with Gasteiger partial charge >= 0.3 is 6.18 Å². The van der Waals surface area contributed by atoms with Crippen molar-refractivity contribution in [1.29, 1.82) is 0 Å². The second-order valence-corrected chi connectivity index (χ2v) is 13.2. The molecule has 1 amide bonds. The van der Waals surface area contributed by atoms with Crippen molar-refractivity contribution < 1.29 is 45.4 Å². The number of amides is 1. The highest BCUT2D eigenvalue weighted by Crippen LogP contribution is 2.56. The fourth-order valence-corrected chi connectivity index (χ4v) is 8.43. The highest BCUT2D eigenvalue weighted by atomic mass is 35.5. The highest BCUT2D eigenvalue weighted by molar-refractivity contribution is 7.92. The Morgan fingerprint density at radius 3 is 2.26 bits per heavy atom. The molecule has 3 atom stereocenters. The molecule has 7 nitrogen and oxygen atoms in total. The quantitative estimate of drug-likeness (QED) is 0.301. The first kappa shape index (κ1) is 30.3. The molecule has 2 saturated carbocycles. The van der Waals surface area contributed by atoms with E-state index < -0.39 is 67.9 Å². The minimum Gasteiger partial charge on any atom is -0.386 e. The number of alkyl halides is 3. The third-order valence-electron chi connectivity index (χ3n) is 8.21. The van der Waals surface area contributed by atoms with Crippen molar-refractivity contribution in [3.63, 3.8) is 0 Å². The third-order valence-corrected chi connectivity index (χ3v) is 10.9. The smallest absolute Gasteiger partial charge is 0.386 e. The van der Waals surface area contributed by atoms with Crippen molar-refractivity contribution in [1.82, 2.24) is 4.98 Å². The second-order valence-electron chi connectivity index (χ2n) is 10.6. The summed E-state index contributed by atoms with van der Waals surface area (Å²) in [6.45, 7) is 0. The molecular formula is C28H24ClF5N2O5S. The average molecular weight is 631 g/mol. The third kappa shape index (κ3) is 5.38. The number of nitrogens with zero attached hydrogens (tertiary/aromatic N) is 1. The summed E-state index contributed by atoms with van der Waals surface area (Å²) in [5.41, 5.74) is -3.15. The molecule has 3 N–H and O–H groups in total. The molecule has 1 aromatic heterocycles. The van der Waals surface area contributed by atoms with E-state index in [1.54, 1.807) is 0 Å². The molecule has 42 heavy (non-hydrogen) atoms. The van der Waals surface area contributed by atoms with E-state index >= 15 is 0 Å². The van der Waals surface area contributed by atoms with Gasteiger partial charge in [0, 0.05) is 23.5 Å². The molecule has 2 aliphatic carbocycles. The van der Waals surface area contributed by atoms with Crippen molar-refractivity contribution in [3.05, 3.63) is 88.2 Å². The SMILES string of the molecule is O=C(Nc1ccc(F)c(F)c1)c1ccc(Cl)c(S(=O)(=O)C2CC3CCC(C2)C3(O)C(O)c2ccc(C(F)(F)F)cn2)c1. The number of carbonyl (C=O) groups is 1. The molecule has 224 valence electrons. The lowest BCUT2D eigenvalue weighted by Gasteiger charge is -2.45. The van der Waals surface area contributed by atoms with Gasteiger partial charge in [-0.3, -0.25) is 9.78 Å². The van der Waals surface area contributed by atoms with E-state index in [2.05, 4.69) is 10.3 Å². The van der Waals surface area contributed by atoms with Crippen LogP contribution in [0.2, 0.25) is 5.02 Å². The number of carbonyl (C=O) groups excluding carboxylic acids is 1. The fourth-order valence-electron chi connectivity index (χ4n) is 6.03. The monoisotopic (exact) mass is 630 g/mol. The Balaban J connectivity index is 1.37. The summed E-state index contributed by atoms with van der Waals surface area (Å²) in [6.07, 6.45) is -5.12. The lowest BCUT2D eigenvalue weighted by Crippen LogP contribution is -2.52. The summed E-state index contributed by atoms with van der Waals surface area (Å²) in [6, 6.07) is 8.05. The Kier molecular flexibility index (Phi) is 7.84. The van der Waals surface area contributed by atoms with E-state index in [0.717, 1.165) is 36.4 Å². The van der Waals surface area contributed by atoms with Gasteiger partial charge in [0.25, 0.3) is 5.91 Å². The molecule has 0 radical (unpaired) electrons. The summed E-state index contributed by atoms with van der Waals surface area (Å²) in [7, 11) is -4.18. The Bertz CT molecular complexity index is 1620. The molecule has 2 bridgehead atoms. The van der Waals surface area contributed by atoms with Crippen LogP contribution < -0.4 is 5.32 Å². The van der Waals surface area contributed by atoms with Crippen molar-refractivity contribution >= 4 is 33.0 Å². The van der Waals surface area contributed by atoms with E-state index in [9.17, 15) is 45.4 Å². The number of aromatic nitrogens is 1. The Morgan fingerprint density at radius 1 is 1.02 bits per heavy atom. The van der Waals surface area contributed by atoms with Crippen LogP contribution >= 0.6 is 11.6 Å². The molecule has 2 fully saturated rings. The number of hydrogen-bond donors (Lipinski definition) is 3. The van der Waals surface area contributed by atoms with E-state index in [4.69, 9.17) is 11.6 Å². The van der Waals surface area contributed by atoms with Crippen LogP contribution in [0.5, 0.6) is 0 Å². The van der Waals surface area contributed by atoms with E-state index in [0.29, 0.717) is 19.0 Å². The van der Waals surface area contributed by atoms with Crippen LogP contribution in [0.15, 0.2) is 59.6 Å². The normalized spacial score (nSPS) is 24.8. The first-order chi connectivity index (χ1) is 19.6. The predicted octanol–water partition coefficient (Wildman–Crippen LogP) is 5.71. The molecule has 0 spiro atoms. The first-order valence-corrected chi connectivity index (χ1v) is 14.8. The summed E-state index contributed by atoms with van der Waals surface area (Å²) in [5, 5.41) is 23.8. The van der Waals surface area contributed by atoms with E-state index in [-0.39, 0.29) is 39.7 Å². The van der Waals surface area contributed by atoms with Gasteiger partial charge in [0.15, 0.2) is 21.5 Å². The van der Waals surface area contributed by atoms with Crippen molar-refractivity contribution in [3.8, 4) is 0 Å². The second kappa shape index (κ2) is 10.9. The summed E-state index contributed by atoms with van der Waals surface area (Å²) >= 11 is 6.24. The molecule has 1 heterocycles. The van der Waals surface area contributed by atoms with Crippen LogP contribution in [-0.2, 0) is 16.0 Å². The zero-order valence-corrected chi connectivity index (χ0v) is 23.1. The number of halogens is 6. The van der Waals surface area contributed by atoms with Crippen molar-refractivity contribution in [2.75, 3.05) is 5.32 Å². The van der Waals surface area contributed by atoms with Crippen LogP contribution in [0, 0.1) is 23.5 Å². The number of pyridine rings is 1. The van der Waals surface area contributed by atoms with Gasteiger partial charge in [0.2, 0.25) is 0 Å². The molecule has 3 aromatic rings. The molecule has 0 saturated heterocycles. The minimum absolute atomic E-state index is 0.0532. The number of benzene rings is 2. The highest BCUT2D eigenvalue weighted by Gasteiger charge is 2.59. The Labute approximate surface area is 242 Å². The maximum atomic E-state index is 13.8. The Morgan fingerprint density at radius 2 is 1.69 bits per heavy atom. The zero-order chi connectivity index (χ0) is 30.6. The number of fused-ring (bicyclic) bond motifs is 2. The molecule has 5 rings (SSSR count). The van der Waals surface area contributed by atoms with Gasteiger partial charge in [-0.1, -0.05) is 11.6 Å². The number of sulfone groups is 1. The standard InChI is InChI=1S/C28H24ClF5N2O5S/c29-20-6-1-14(26(38)36-18-5-7-21(30)22(31)12-18)9-24(20)42(40,41)19-10-15-2-3-16(11-19)27(15,39)25(37)23-8-4-17(13-35-23)28(32,33)34/h1,4-9,12-13,15-16,19,25,37,39H,2-3,10-11H2,(H,36,38). The maximum absolute atomic E-state index is 13.8. The maximum Gasteiger partial charge on any atom is 0.417 e. The van der Waals surface area contributed by atoms with Gasteiger partial charge in [-0.15, -0.1) is 0 Å². The molecule has 0 aliphatic heterocycles. The number of aliphatic hydroxyl groups is 2. The lowest BCUT2D eigenvalue weighted by atomic mass is 9.70. The van der Waals surface area contributed by atoms with Gasteiger partial charge in [-0.05, 0) is 80.0 Å². The van der Waals surface area contributed by atoms with Crippen LogP contribution in [0.1, 0.15) is 53.4 Å². The first-order valence-electron chi connectivity index (χ1n) is 12.9. The summed E-state index contributed by atoms with van der Waals surface area (Å²) in [5.74, 6) is -4.51. The summed E-state index contributed by atoms with van der Waals surface area (Å²) in [4.78, 5) is 16.1. The number of anilines is 1. The van der Waals surface area contributed by atoms with Gasteiger partial charge in [-0.25, -0.2) is 17.2 Å². The molecular weight excluding hydrogens is 607 g/mol. The minimum atomic E-state index is -4.63. The van der Waals surface area contributed by atoms with Crippen LogP contribution in [0.4, 0.5) is 27.6 Å². The largest absolute Gasteiger partial charge is 0.417 e. The van der Waals surface area contributed by atoms with Crippen LogP contribution in [0.3, 0.4) is 0 Å². The van der Waals surface area contributed by atoms with Gasteiger partial charge in [0.1, 0.15) is 11.7 Å². The molecule has 3 unspecified atom stereocenters. The van der Waals surface area contributed by atoms with Crippen LogP contribution in [0.25, 0.3) is 0 Å². The van der Waals surface area contributed by atoms with Crippen LogP contribution in [-0.4, -0.2) is 40.4 Å². The van der Waals surface area contributed by atoms with Gasteiger partial charge in [-0.2, -0.15) is 13.2 Å². The molecule has 14 heteroatoms. The average Bonchev–Trinajstić information content (AvgIpc) is 3.10. The topological polar surface area (TPSA) is 117 Å². The number of hydrogen-bond acceptors (Lipinski definition) is 6. The Hall–Kier alpha value is -3.13. The number of aliphatic hydroxyl groups excluding tert-OH is 1. The van der Waals surface area contributed by atoms with Crippen molar-refractivity contribution in [2.45, 2.75) is 53.7 Å². The van der Waals surface area contributed by atoms with Crippen molar-refractivity contribution in [2.24, 2.45) is 11.8 Å². The number of nitrogens with one attached hydrogen (secondary N) is 1.